The van der Waals surface area contributed by atoms with Crippen LogP contribution in [0.4, 0.5) is 9.18 Å². The maximum absolute atomic E-state index is 13.2. The van der Waals surface area contributed by atoms with Gasteiger partial charge in [-0.05, 0) is 30.5 Å². The molecule has 0 unspecified atom stereocenters. The number of halogens is 1. The second-order valence-electron chi connectivity index (χ2n) is 6.49. The zero-order valence-electron chi connectivity index (χ0n) is 13.5. The van der Waals surface area contributed by atoms with Gasteiger partial charge in [0, 0.05) is 13.6 Å². The van der Waals surface area contributed by atoms with Crippen molar-refractivity contribution >= 4 is 17.8 Å². The Hall–Kier alpha value is -2.44. The molecule has 0 atom stereocenters. The fourth-order valence-electron chi connectivity index (χ4n) is 3.39. The van der Waals surface area contributed by atoms with E-state index in [4.69, 9.17) is 0 Å². The van der Waals surface area contributed by atoms with Crippen LogP contribution in [0.2, 0.25) is 0 Å². The summed E-state index contributed by atoms with van der Waals surface area (Å²) in [5.74, 6) is -1.04. The summed E-state index contributed by atoms with van der Waals surface area (Å²) in [7, 11) is 1.57. The highest BCUT2D eigenvalue weighted by molar-refractivity contribution is 6.09. The summed E-state index contributed by atoms with van der Waals surface area (Å²) in [6.45, 7) is -0.0797. The molecular formula is C17H20FN3O3. The molecule has 7 heteroatoms. The minimum absolute atomic E-state index is 0.214. The first-order valence-electron chi connectivity index (χ1n) is 8.04. The van der Waals surface area contributed by atoms with Crippen LogP contribution in [0.1, 0.15) is 31.2 Å². The molecule has 0 bridgehead atoms. The lowest BCUT2D eigenvalue weighted by atomic mass is 9.98. The minimum atomic E-state index is -0.807. The first kappa shape index (κ1) is 16.4. The van der Waals surface area contributed by atoms with Crippen molar-refractivity contribution in [3.05, 3.63) is 35.6 Å². The molecule has 1 aliphatic carbocycles. The summed E-state index contributed by atoms with van der Waals surface area (Å²) in [6.07, 6.45) is 3.04. The Morgan fingerprint density at radius 2 is 2.04 bits per heavy atom. The molecule has 1 N–H and O–H groups in total. The molecule has 4 amide bonds. The standard InChI is InChI=1S/C17H20FN3O3/c1-20(10-12-5-4-6-13(18)9-12)14(22)11-21-15(23)17(19-16(21)24)7-2-3-8-17/h4-6,9H,2-3,7-8,10-11H2,1H3,(H,19,24). The summed E-state index contributed by atoms with van der Waals surface area (Å²) in [4.78, 5) is 39.3. The number of rotatable bonds is 4. The number of urea groups is 1. The first-order chi connectivity index (χ1) is 11.4. The quantitative estimate of drug-likeness (QED) is 0.852. The number of hydrogen-bond donors (Lipinski definition) is 1. The Balaban J connectivity index is 1.64. The topological polar surface area (TPSA) is 69.7 Å². The predicted molar refractivity (Wildman–Crippen MR) is 84.3 cm³/mol. The number of hydrogen-bond acceptors (Lipinski definition) is 3. The molecule has 2 aliphatic rings. The first-order valence-corrected chi connectivity index (χ1v) is 8.04. The van der Waals surface area contributed by atoms with Crippen molar-refractivity contribution in [3.8, 4) is 0 Å². The van der Waals surface area contributed by atoms with E-state index in [1.54, 1.807) is 19.2 Å². The lowest BCUT2D eigenvalue weighted by molar-refractivity contribution is -0.138. The van der Waals surface area contributed by atoms with Crippen LogP contribution < -0.4 is 5.32 Å². The maximum atomic E-state index is 13.2. The highest BCUT2D eigenvalue weighted by atomic mass is 19.1. The van der Waals surface area contributed by atoms with Crippen molar-refractivity contribution in [2.45, 2.75) is 37.8 Å². The number of benzene rings is 1. The highest BCUT2D eigenvalue weighted by Gasteiger charge is 2.52. The SMILES string of the molecule is CN(Cc1cccc(F)c1)C(=O)CN1C(=O)NC2(CCCC2)C1=O. The van der Waals surface area contributed by atoms with Crippen LogP contribution in [0.25, 0.3) is 0 Å². The van der Waals surface area contributed by atoms with Crippen LogP contribution in [-0.4, -0.2) is 46.8 Å². The molecule has 24 heavy (non-hydrogen) atoms. The largest absolute Gasteiger partial charge is 0.340 e. The lowest BCUT2D eigenvalue weighted by Gasteiger charge is -2.22. The van der Waals surface area contributed by atoms with E-state index in [9.17, 15) is 18.8 Å². The normalized spacial score (nSPS) is 19.0. The Morgan fingerprint density at radius 3 is 2.71 bits per heavy atom. The molecule has 1 aromatic carbocycles. The Bertz CT molecular complexity index is 685. The van der Waals surface area contributed by atoms with Crippen molar-refractivity contribution < 1.29 is 18.8 Å². The highest BCUT2D eigenvalue weighted by Crippen LogP contribution is 2.34. The van der Waals surface area contributed by atoms with Crippen LogP contribution in [0.5, 0.6) is 0 Å². The van der Waals surface area contributed by atoms with E-state index in [1.165, 1.54) is 17.0 Å². The Kier molecular flexibility index (Phi) is 4.26. The molecule has 6 nitrogen and oxygen atoms in total. The second-order valence-corrected chi connectivity index (χ2v) is 6.49. The number of carbonyl (C=O) groups is 3. The number of nitrogens with zero attached hydrogens (tertiary/aromatic N) is 2. The van der Waals surface area contributed by atoms with Crippen molar-refractivity contribution in [2.75, 3.05) is 13.6 Å². The Morgan fingerprint density at radius 1 is 1.33 bits per heavy atom. The third-order valence-corrected chi connectivity index (χ3v) is 4.73. The molecule has 0 radical (unpaired) electrons. The number of nitrogens with one attached hydrogen (secondary N) is 1. The fourth-order valence-corrected chi connectivity index (χ4v) is 3.39. The van der Waals surface area contributed by atoms with Crippen LogP contribution >= 0.6 is 0 Å². The van der Waals surface area contributed by atoms with Gasteiger partial charge in [0.05, 0.1) is 0 Å². The maximum Gasteiger partial charge on any atom is 0.325 e. The third-order valence-electron chi connectivity index (χ3n) is 4.73. The van der Waals surface area contributed by atoms with Crippen molar-refractivity contribution in [3.63, 3.8) is 0 Å². The number of carbonyl (C=O) groups excluding carboxylic acids is 3. The average molecular weight is 333 g/mol. The lowest BCUT2D eigenvalue weighted by Crippen LogP contribution is -2.45. The predicted octanol–water partition coefficient (Wildman–Crippen LogP) is 1.65. The van der Waals surface area contributed by atoms with Gasteiger partial charge in [-0.1, -0.05) is 25.0 Å². The third kappa shape index (κ3) is 2.98. The van der Waals surface area contributed by atoms with E-state index in [0.29, 0.717) is 18.4 Å². The summed E-state index contributed by atoms with van der Waals surface area (Å²) in [6, 6.07) is 5.47. The molecule has 2 fully saturated rings. The van der Waals surface area contributed by atoms with Crippen LogP contribution in [0.3, 0.4) is 0 Å². The minimum Gasteiger partial charge on any atom is -0.340 e. The molecule has 3 rings (SSSR count). The molecule has 1 aliphatic heterocycles. The zero-order valence-corrected chi connectivity index (χ0v) is 13.5. The Labute approximate surface area is 139 Å². The van der Waals surface area contributed by atoms with Gasteiger partial charge in [-0.15, -0.1) is 0 Å². The molecular weight excluding hydrogens is 313 g/mol. The fraction of sp³-hybridized carbons (Fsp3) is 0.471. The summed E-state index contributed by atoms with van der Waals surface area (Å²) < 4.78 is 13.2. The number of amides is 4. The molecule has 1 aromatic rings. The van der Waals surface area contributed by atoms with Gasteiger partial charge in [0.15, 0.2) is 0 Å². The average Bonchev–Trinajstić information content (AvgIpc) is 3.08. The van der Waals surface area contributed by atoms with Crippen molar-refractivity contribution in [2.24, 2.45) is 0 Å². The number of imide groups is 1. The molecule has 1 saturated carbocycles. The molecule has 128 valence electrons. The van der Waals surface area contributed by atoms with Gasteiger partial charge in [-0.25, -0.2) is 9.18 Å². The smallest absolute Gasteiger partial charge is 0.325 e. The van der Waals surface area contributed by atoms with Crippen LogP contribution in [-0.2, 0) is 16.1 Å². The molecule has 0 aromatic heterocycles. The van der Waals surface area contributed by atoms with Gasteiger partial charge in [0.2, 0.25) is 5.91 Å². The second kappa shape index (κ2) is 6.22. The van der Waals surface area contributed by atoms with Gasteiger partial charge in [0.25, 0.3) is 5.91 Å². The van der Waals surface area contributed by atoms with Gasteiger partial charge in [-0.2, -0.15) is 0 Å². The van der Waals surface area contributed by atoms with E-state index >= 15 is 0 Å². The summed E-state index contributed by atoms with van der Waals surface area (Å²) >= 11 is 0. The van der Waals surface area contributed by atoms with Crippen molar-refractivity contribution in [1.29, 1.82) is 0 Å². The van der Waals surface area contributed by atoms with E-state index in [1.807, 2.05) is 0 Å². The van der Waals surface area contributed by atoms with Gasteiger partial charge in [-0.3, -0.25) is 14.5 Å². The molecule has 1 saturated heterocycles. The number of likely N-dealkylation sites (N-methyl/N-ethyl adjacent to an activating group) is 1. The van der Waals surface area contributed by atoms with Crippen LogP contribution in [0.15, 0.2) is 24.3 Å². The van der Waals surface area contributed by atoms with Gasteiger partial charge >= 0.3 is 6.03 Å². The van der Waals surface area contributed by atoms with Gasteiger partial charge < -0.3 is 10.2 Å². The van der Waals surface area contributed by atoms with E-state index in [2.05, 4.69) is 5.32 Å². The van der Waals surface area contributed by atoms with E-state index in [0.717, 1.165) is 17.7 Å². The summed E-state index contributed by atoms with van der Waals surface area (Å²) in [5.41, 5.74) is -0.159. The van der Waals surface area contributed by atoms with Crippen molar-refractivity contribution in [1.82, 2.24) is 15.1 Å². The van der Waals surface area contributed by atoms with Crippen LogP contribution in [0, 0.1) is 5.82 Å². The zero-order chi connectivity index (χ0) is 17.3. The van der Waals surface area contributed by atoms with E-state index < -0.39 is 11.6 Å². The van der Waals surface area contributed by atoms with Gasteiger partial charge in [0.1, 0.15) is 17.9 Å². The van der Waals surface area contributed by atoms with E-state index in [-0.39, 0.29) is 30.7 Å². The molecule has 1 spiro atoms. The summed E-state index contributed by atoms with van der Waals surface area (Å²) in [5, 5.41) is 2.75. The monoisotopic (exact) mass is 333 g/mol. The molecule has 1 heterocycles.